The van der Waals surface area contributed by atoms with Crippen LogP contribution in [0.15, 0.2) is 95.4 Å². The zero-order chi connectivity index (χ0) is 28.6. The van der Waals surface area contributed by atoms with Gasteiger partial charge in [-0.05, 0) is 60.5 Å². The molecule has 4 rings (SSSR count). The van der Waals surface area contributed by atoms with Gasteiger partial charge in [0.1, 0.15) is 6.54 Å². The number of esters is 1. The van der Waals surface area contributed by atoms with Crippen LogP contribution in [0, 0.1) is 19.3 Å². The van der Waals surface area contributed by atoms with Gasteiger partial charge in [0.25, 0.3) is 0 Å². The summed E-state index contributed by atoms with van der Waals surface area (Å²) in [6, 6.07) is 25.7. The first-order valence-electron chi connectivity index (χ1n) is 12.9. The van der Waals surface area contributed by atoms with Crippen molar-refractivity contribution in [3.63, 3.8) is 0 Å². The number of benzene rings is 3. The molecule has 2 unspecified atom stereocenters. The summed E-state index contributed by atoms with van der Waals surface area (Å²) in [5, 5.41) is 3.35. The van der Waals surface area contributed by atoms with E-state index in [4.69, 9.17) is 11.6 Å². The molecular formula is C32H37ClN2O3S. The zero-order valence-corrected chi connectivity index (χ0v) is 25.0. The second-order valence-electron chi connectivity index (χ2n) is 10.5. The number of carbonyl (C=O) groups excluding carboxylic acids is 2. The van der Waals surface area contributed by atoms with Crippen LogP contribution in [0.5, 0.6) is 0 Å². The summed E-state index contributed by atoms with van der Waals surface area (Å²) in [7, 11) is 1.30. The lowest BCUT2D eigenvalue weighted by molar-refractivity contribution is -0.140. The van der Waals surface area contributed by atoms with Gasteiger partial charge in [-0.2, -0.15) is 0 Å². The maximum Gasteiger partial charge on any atom is 0.325 e. The summed E-state index contributed by atoms with van der Waals surface area (Å²) in [6.07, 6.45) is 2.02. The van der Waals surface area contributed by atoms with E-state index in [1.165, 1.54) is 18.2 Å². The van der Waals surface area contributed by atoms with E-state index in [2.05, 4.69) is 73.2 Å². The monoisotopic (exact) mass is 564 g/mol. The van der Waals surface area contributed by atoms with E-state index >= 15 is 0 Å². The summed E-state index contributed by atoms with van der Waals surface area (Å²) >= 11 is 7.79. The number of hydrogen-bond donors (Lipinski definition) is 1. The summed E-state index contributed by atoms with van der Waals surface area (Å²) in [6.45, 7) is 10.5. The Labute approximate surface area is 241 Å². The van der Waals surface area contributed by atoms with Crippen molar-refractivity contribution in [2.45, 2.75) is 51.6 Å². The van der Waals surface area contributed by atoms with Gasteiger partial charge in [0.2, 0.25) is 5.91 Å². The molecule has 0 bridgehead atoms. The summed E-state index contributed by atoms with van der Waals surface area (Å²) < 4.78 is 6.95. The van der Waals surface area contributed by atoms with E-state index < -0.39 is 5.97 Å². The molecule has 1 heterocycles. The molecule has 0 aromatic heterocycles. The number of amides is 1. The lowest BCUT2D eigenvalue weighted by atomic mass is 9.87. The predicted molar refractivity (Wildman–Crippen MR) is 161 cm³/mol. The molecular weight excluding hydrogens is 528 g/mol. The van der Waals surface area contributed by atoms with Crippen molar-refractivity contribution < 1.29 is 14.3 Å². The molecule has 1 N–H and O–H groups in total. The number of halogens is 1. The highest BCUT2D eigenvalue weighted by Crippen LogP contribution is 2.49. The highest BCUT2D eigenvalue weighted by Gasteiger charge is 2.44. The van der Waals surface area contributed by atoms with E-state index in [1.807, 2.05) is 60.7 Å². The average molecular weight is 565 g/mol. The smallest absolute Gasteiger partial charge is 0.325 e. The predicted octanol–water partition coefficient (Wildman–Crippen LogP) is 7.34. The van der Waals surface area contributed by atoms with Crippen LogP contribution in [0.2, 0.25) is 5.02 Å². The third-order valence-electron chi connectivity index (χ3n) is 6.35. The molecule has 39 heavy (non-hydrogen) atoms. The quantitative estimate of drug-likeness (QED) is 0.251. The molecule has 0 spiro atoms. The molecule has 7 heteroatoms. The highest BCUT2D eigenvalue weighted by atomic mass is 35.5. The minimum atomic E-state index is -0.487. The van der Waals surface area contributed by atoms with Crippen LogP contribution in [-0.2, 0) is 14.3 Å². The fourth-order valence-corrected chi connectivity index (χ4v) is 5.71. The minimum absolute atomic E-state index is 0.0216. The van der Waals surface area contributed by atoms with Crippen molar-refractivity contribution in [3.8, 4) is 0 Å². The van der Waals surface area contributed by atoms with Crippen molar-refractivity contribution in [2.24, 2.45) is 5.41 Å². The number of methoxy groups -OCH3 is 1. The van der Waals surface area contributed by atoms with Crippen molar-refractivity contribution >= 4 is 35.4 Å². The number of nitrogens with one attached hydrogen (secondary N) is 1. The third kappa shape index (κ3) is 8.46. The Hall–Kier alpha value is -3.06. The van der Waals surface area contributed by atoms with E-state index in [0.29, 0.717) is 10.6 Å². The number of aryl methyl sites for hydroxylation is 2. The largest absolute Gasteiger partial charge is 0.468 e. The van der Waals surface area contributed by atoms with Gasteiger partial charge in [0.15, 0.2) is 0 Å². The standard InChI is InChI=1S/C25H29ClN2O3S.C7H8/c1-16-8-6-7-9-20(16)32-28-21(25(2,3)4)14-19(24(30)27-15-22(29)31-5)23(28)17-10-12-18(26)13-11-17;1-7-5-3-2-4-6-7/h6-14,21,23H,15H2,1-5H3,(H,27,30);2-6H,1H3. The Morgan fingerprint density at radius 3 is 2.10 bits per heavy atom. The first-order valence-corrected chi connectivity index (χ1v) is 14.0. The number of rotatable bonds is 6. The lowest BCUT2D eigenvalue weighted by Gasteiger charge is -2.37. The zero-order valence-electron chi connectivity index (χ0n) is 23.4. The van der Waals surface area contributed by atoms with Crippen molar-refractivity contribution in [2.75, 3.05) is 13.7 Å². The summed E-state index contributed by atoms with van der Waals surface area (Å²) in [5.74, 6) is -0.768. The molecule has 0 aliphatic carbocycles. The Morgan fingerprint density at radius 2 is 1.56 bits per heavy atom. The van der Waals surface area contributed by atoms with Gasteiger partial charge in [-0.1, -0.05) is 105 Å². The van der Waals surface area contributed by atoms with Gasteiger partial charge in [-0.3, -0.25) is 9.59 Å². The normalized spacial score (nSPS) is 17.1. The first kappa shape index (κ1) is 30.5. The van der Waals surface area contributed by atoms with Gasteiger partial charge < -0.3 is 10.1 Å². The van der Waals surface area contributed by atoms with Gasteiger partial charge >= 0.3 is 5.97 Å². The SMILES string of the molecule is COC(=O)CNC(=O)C1=CC(C(C)(C)C)N(Sc2ccccc2C)C1c1ccc(Cl)cc1.Cc1ccccc1. The Bertz CT molecular complexity index is 1290. The van der Waals surface area contributed by atoms with Crippen LogP contribution in [0.3, 0.4) is 0 Å². The second kappa shape index (κ2) is 13.8. The van der Waals surface area contributed by atoms with E-state index in [1.54, 1.807) is 11.9 Å². The topological polar surface area (TPSA) is 58.6 Å². The van der Waals surface area contributed by atoms with Crippen molar-refractivity contribution in [1.82, 2.24) is 9.62 Å². The summed E-state index contributed by atoms with van der Waals surface area (Å²) in [4.78, 5) is 25.9. The van der Waals surface area contributed by atoms with Crippen LogP contribution in [0.4, 0.5) is 0 Å². The Kier molecular flexibility index (Phi) is 10.8. The molecule has 0 saturated heterocycles. The van der Waals surface area contributed by atoms with Crippen LogP contribution in [0.1, 0.15) is 43.5 Å². The lowest BCUT2D eigenvalue weighted by Crippen LogP contribution is -2.38. The highest BCUT2D eigenvalue weighted by molar-refractivity contribution is 7.97. The van der Waals surface area contributed by atoms with Crippen LogP contribution in [-0.4, -0.2) is 35.9 Å². The fourth-order valence-electron chi connectivity index (χ4n) is 4.18. The van der Waals surface area contributed by atoms with E-state index in [-0.39, 0.29) is 30.0 Å². The van der Waals surface area contributed by atoms with Crippen LogP contribution < -0.4 is 5.32 Å². The van der Waals surface area contributed by atoms with Crippen LogP contribution >= 0.6 is 23.5 Å². The molecule has 3 aromatic rings. The molecule has 1 amide bonds. The van der Waals surface area contributed by atoms with Gasteiger partial charge in [-0.15, -0.1) is 0 Å². The molecule has 0 saturated carbocycles. The van der Waals surface area contributed by atoms with E-state index in [9.17, 15) is 9.59 Å². The first-order chi connectivity index (χ1) is 18.5. The number of carbonyl (C=O) groups is 2. The van der Waals surface area contributed by atoms with Crippen molar-refractivity contribution in [3.05, 3.63) is 112 Å². The molecule has 0 radical (unpaired) electrons. The molecule has 1 aliphatic heterocycles. The molecule has 3 aromatic carbocycles. The number of ether oxygens (including phenoxy) is 1. The van der Waals surface area contributed by atoms with Gasteiger partial charge in [0.05, 0.1) is 13.2 Å². The number of nitrogens with zero attached hydrogens (tertiary/aromatic N) is 1. The Balaban J connectivity index is 0.000000520. The van der Waals surface area contributed by atoms with E-state index in [0.717, 1.165) is 10.5 Å². The maximum atomic E-state index is 13.2. The number of hydrogen-bond acceptors (Lipinski definition) is 5. The summed E-state index contributed by atoms with van der Waals surface area (Å²) in [5.41, 5.74) is 3.93. The molecule has 5 nitrogen and oxygen atoms in total. The molecule has 2 atom stereocenters. The van der Waals surface area contributed by atoms with Crippen LogP contribution in [0.25, 0.3) is 0 Å². The maximum absolute atomic E-state index is 13.2. The van der Waals surface area contributed by atoms with Gasteiger partial charge in [-0.25, -0.2) is 4.31 Å². The fraction of sp³-hybridized carbons (Fsp3) is 0.312. The molecule has 1 aliphatic rings. The molecule has 0 fully saturated rings. The second-order valence-corrected chi connectivity index (χ2v) is 12.0. The third-order valence-corrected chi connectivity index (χ3v) is 7.91. The minimum Gasteiger partial charge on any atom is -0.468 e. The van der Waals surface area contributed by atoms with Gasteiger partial charge in [0, 0.05) is 21.5 Å². The van der Waals surface area contributed by atoms with Crippen molar-refractivity contribution in [1.29, 1.82) is 0 Å². The Morgan fingerprint density at radius 1 is 0.949 bits per heavy atom. The molecule has 206 valence electrons. The average Bonchev–Trinajstić information content (AvgIpc) is 3.29.